The van der Waals surface area contributed by atoms with Gasteiger partial charge in [-0.25, -0.2) is 4.79 Å². The highest BCUT2D eigenvalue weighted by atomic mass is 16.4. The molecule has 0 aromatic heterocycles. The topological polar surface area (TPSA) is 86.6 Å². The number of phenolic OH excluding ortho intramolecular Hbond substituents is 1. The zero-order chi connectivity index (χ0) is 14.9. The van der Waals surface area contributed by atoms with Crippen LogP contribution < -0.4 is 5.32 Å². The van der Waals surface area contributed by atoms with Crippen molar-refractivity contribution in [2.45, 2.75) is 19.9 Å². The molecule has 0 aliphatic carbocycles. The second kappa shape index (κ2) is 5.21. The molecular formula is C15H15NO4. The molecule has 0 spiro atoms. The van der Waals surface area contributed by atoms with Crippen molar-refractivity contribution in [2.24, 2.45) is 0 Å². The summed E-state index contributed by atoms with van der Waals surface area (Å²) in [6.45, 7) is 3.71. The molecule has 2 aromatic rings. The van der Waals surface area contributed by atoms with E-state index in [2.05, 4.69) is 5.32 Å². The minimum Gasteiger partial charge on any atom is -0.507 e. The number of hydrogen-bond acceptors (Lipinski definition) is 3. The molecule has 0 aliphatic heterocycles. The van der Waals surface area contributed by atoms with Crippen LogP contribution in [-0.4, -0.2) is 28.1 Å². The fourth-order valence-electron chi connectivity index (χ4n) is 1.95. The van der Waals surface area contributed by atoms with Gasteiger partial charge in [-0.3, -0.25) is 4.79 Å². The number of rotatable bonds is 3. The Hall–Kier alpha value is -2.56. The lowest BCUT2D eigenvalue weighted by Crippen LogP contribution is -2.29. The van der Waals surface area contributed by atoms with Crippen LogP contribution >= 0.6 is 0 Å². The van der Waals surface area contributed by atoms with Gasteiger partial charge in [-0.2, -0.15) is 0 Å². The van der Waals surface area contributed by atoms with Gasteiger partial charge in [0.15, 0.2) is 0 Å². The first-order valence-corrected chi connectivity index (χ1v) is 6.19. The summed E-state index contributed by atoms with van der Waals surface area (Å²) in [5.41, 5.74) is 0.430. The molecule has 2 rings (SSSR count). The minimum absolute atomic E-state index is 0.00869. The van der Waals surface area contributed by atoms with Crippen molar-refractivity contribution in [3.05, 3.63) is 41.5 Å². The third-order valence-electron chi connectivity index (χ3n) is 2.86. The molecule has 0 atom stereocenters. The first-order chi connectivity index (χ1) is 9.38. The van der Waals surface area contributed by atoms with Gasteiger partial charge in [-0.1, -0.05) is 6.07 Å². The lowest BCUT2D eigenvalue weighted by molar-refractivity contribution is 0.0696. The van der Waals surface area contributed by atoms with Crippen molar-refractivity contribution in [3.63, 3.8) is 0 Å². The molecule has 20 heavy (non-hydrogen) atoms. The van der Waals surface area contributed by atoms with Gasteiger partial charge in [0.05, 0.1) is 5.56 Å². The van der Waals surface area contributed by atoms with Crippen molar-refractivity contribution in [1.82, 2.24) is 5.32 Å². The summed E-state index contributed by atoms with van der Waals surface area (Å²) < 4.78 is 0. The van der Waals surface area contributed by atoms with E-state index in [1.54, 1.807) is 18.2 Å². The van der Waals surface area contributed by atoms with Crippen LogP contribution in [0.2, 0.25) is 0 Å². The number of aromatic hydroxyl groups is 1. The zero-order valence-corrected chi connectivity index (χ0v) is 11.2. The third-order valence-corrected chi connectivity index (χ3v) is 2.86. The summed E-state index contributed by atoms with van der Waals surface area (Å²) in [5.74, 6) is -1.49. The number of amides is 1. The van der Waals surface area contributed by atoms with Crippen molar-refractivity contribution in [1.29, 1.82) is 0 Å². The molecule has 0 radical (unpaired) electrons. The average Bonchev–Trinajstić information content (AvgIpc) is 2.37. The van der Waals surface area contributed by atoms with Gasteiger partial charge in [-0.15, -0.1) is 0 Å². The van der Waals surface area contributed by atoms with Gasteiger partial charge in [0.2, 0.25) is 0 Å². The molecule has 0 unspecified atom stereocenters. The van der Waals surface area contributed by atoms with Crippen molar-refractivity contribution < 1.29 is 19.8 Å². The van der Waals surface area contributed by atoms with Crippen LogP contribution in [-0.2, 0) is 0 Å². The largest absolute Gasteiger partial charge is 0.507 e. The van der Waals surface area contributed by atoms with Crippen LogP contribution in [0.3, 0.4) is 0 Å². The second-order valence-corrected chi connectivity index (χ2v) is 4.86. The smallest absolute Gasteiger partial charge is 0.335 e. The number of carbonyl (C=O) groups excluding carboxylic acids is 1. The average molecular weight is 273 g/mol. The van der Waals surface area contributed by atoms with E-state index in [1.165, 1.54) is 12.1 Å². The van der Waals surface area contributed by atoms with Crippen LogP contribution in [0.25, 0.3) is 10.8 Å². The van der Waals surface area contributed by atoms with E-state index in [4.69, 9.17) is 5.11 Å². The SMILES string of the molecule is CC(C)NC(=O)c1ccc2cc(C(=O)O)cc(O)c2c1. The van der Waals surface area contributed by atoms with E-state index in [-0.39, 0.29) is 23.3 Å². The summed E-state index contributed by atoms with van der Waals surface area (Å²) in [5, 5.41) is 22.6. The zero-order valence-electron chi connectivity index (χ0n) is 11.2. The third kappa shape index (κ3) is 2.71. The molecule has 0 saturated heterocycles. The minimum atomic E-state index is -1.11. The molecule has 5 heteroatoms. The van der Waals surface area contributed by atoms with Crippen molar-refractivity contribution in [2.75, 3.05) is 0 Å². The number of carboxylic acid groups (broad SMARTS) is 1. The Morgan fingerprint density at radius 3 is 2.40 bits per heavy atom. The molecule has 1 amide bonds. The van der Waals surface area contributed by atoms with E-state index in [0.29, 0.717) is 16.3 Å². The van der Waals surface area contributed by atoms with Gasteiger partial charge in [0, 0.05) is 17.0 Å². The van der Waals surface area contributed by atoms with E-state index in [9.17, 15) is 14.7 Å². The molecule has 0 aliphatic rings. The monoisotopic (exact) mass is 273 g/mol. The summed E-state index contributed by atoms with van der Waals surface area (Å²) >= 11 is 0. The first kappa shape index (κ1) is 13.9. The van der Waals surface area contributed by atoms with Gasteiger partial charge in [-0.05, 0) is 43.5 Å². The molecule has 0 fully saturated rings. The van der Waals surface area contributed by atoms with Crippen LogP contribution in [0.15, 0.2) is 30.3 Å². The molecular weight excluding hydrogens is 258 g/mol. The molecule has 2 aromatic carbocycles. The number of aromatic carboxylic acids is 1. The highest BCUT2D eigenvalue weighted by Crippen LogP contribution is 2.27. The predicted octanol–water partition coefficient (Wildman–Crippen LogP) is 2.38. The number of nitrogens with one attached hydrogen (secondary N) is 1. The number of carbonyl (C=O) groups is 2. The van der Waals surface area contributed by atoms with E-state index in [0.717, 1.165) is 0 Å². The summed E-state index contributed by atoms with van der Waals surface area (Å²) in [6.07, 6.45) is 0. The number of benzene rings is 2. The molecule has 0 heterocycles. The highest BCUT2D eigenvalue weighted by Gasteiger charge is 2.12. The van der Waals surface area contributed by atoms with Crippen molar-refractivity contribution in [3.8, 4) is 5.75 Å². The Balaban J connectivity index is 2.50. The van der Waals surface area contributed by atoms with Crippen LogP contribution in [0.1, 0.15) is 34.6 Å². The number of carboxylic acids is 1. The predicted molar refractivity (Wildman–Crippen MR) is 75.2 cm³/mol. The number of hydrogen-bond donors (Lipinski definition) is 3. The maximum absolute atomic E-state index is 11.9. The molecule has 0 saturated carbocycles. The maximum Gasteiger partial charge on any atom is 0.335 e. The standard InChI is InChI=1S/C15H15NO4/c1-8(2)16-14(18)10-4-3-9-5-11(15(19)20)7-13(17)12(9)6-10/h3-8,17H,1-2H3,(H,16,18)(H,19,20). The van der Waals surface area contributed by atoms with E-state index < -0.39 is 5.97 Å². The highest BCUT2D eigenvalue weighted by molar-refractivity contribution is 6.02. The van der Waals surface area contributed by atoms with E-state index in [1.807, 2.05) is 13.8 Å². The van der Waals surface area contributed by atoms with E-state index >= 15 is 0 Å². The molecule has 5 nitrogen and oxygen atoms in total. The summed E-state index contributed by atoms with van der Waals surface area (Å²) in [6, 6.07) is 7.42. The molecule has 104 valence electrons. The lowest BCUT2D eigenvalue weighted by atomic mass is 10.0. The Labute approximate surface area is 115 Å². The molecule has 0 bridgehead atoms. The van der Waals surface area contributed by atoms with Crippen LogP contribution in [0.5, 0.6) is 5.75 Å². The first-order valence-electron chi connectivity index (χ1n) is 6.19. The maximum atomic E-state index is 11.9. The number of fused-ring (bicyclic) bond motifs is 1. The quantitative estimate of drug-likeness (QED) is 0.801. The Bertz CT molecular complexity index is 692. The van der Waals surface area contributed by atoms with Crippen LogP contribution in [0, 0.1) is 0 Å². The Morgan fingerprint density at radius 1 is 1.10 bits per heavy atom. The summed E-state index contributed by atoms with van der Waals surface area (Å²) in [7, 11) is 0. The second-order valence-electron chi connectivity index (χ2n) is 4.86. The van der Waals surface area contributed by atoms with Crippen molar-refractivity contribution >= 4 is 22.6 Å². The Kier molecular flexibility index (Phi) is 3.61. The molecule has 3 N–H and O–H groups in total. The summed E-state index contributed by atoms with van der Waals surface area (Å²) in [4.78, 5) is 22.8. The van der Waals surface area contributed by atoms with Gasteiger partial charge < -0.3 is 15.5 Å². The lowest BCUT2D eigenvalue weighted by Gasteiger charge is -2.10. The fourth-order valence-corrected chi connectivity index (χ4v) is 1.95. The van der Waals surface area contributed by atoms with Gasteiger partial charge in [0.1, 0.15) is 5.75 Å². The van der Waals surface area contributed by atoms with Gasteiger partial charge >= 0.3 is 5.97 Å². The normalized spacial score (nSPS) is 10.8. The van der Waals surface area contributed by atoms with Crippen LogP contribution in [0.4, 0.5) is 0 Å². The van der Waals surface area contributed by atoms with Gasteiger partial charge in [0.25, 0.3) is 5.91 Å². The fraction of sp³-hybridized carbons (Fsp3) is 0.200. The Morgan fingerprint density at radius 2 is 1.80 bits per heavy atom. The number of phenols is 1.